The van der Waals surface area contributed by atoms with E-state index < -0.39 is 0 Å². The molecule has 2 heterocycles. The number of aromatic nitrogens is 4. The highest BCUT2D eigenvalue weighted by molar-refractivity contribution is 5.36. The molecule has 84 valence electrons. The third-order valence-electron chi connectivity index (χ3n) is 3.04. The number of nitrogens with two attached hydrogens (primary N) is 1. The highest BCUT2D eigenvalue weighted by Crippen LogP contribution is 2.32. The van der Waals surface area contributed by atoms with E-state index >= 15 is 0 Å². The average Bonchev–Trinajstić information content (AvgIpc) is 3.05. The maximum atomic E-state index is 11.2. The van der Waals surface area contributed by atoms with Gasteiger partial charge in [-0.3, -0.25) is 0 Å². The lowest BCUT2D eigenvalue weighted by atomic mass is 10.1. The second-order valence-corrected chi connectivity index (χ2v) is 4.34. The number of H-pyrrole nitrogens is 1. The van der Waals surface area contributed by atoms with Crippen LogP contribution in [-0.4, -0.2) is 25.6 Å². The maximum Gasteiger partial charge on any atom is 0.348 e. The van der Waals surface area contributed by atoms with E-state index in [2.05, 4.69) is 15.2 Å². The molecule has 16 heavy (non-hydrogen) atoms. The lowest BCUT2D eigenvalue weighted by Gasteiger charge is -2.08. The van der Waals surface area contributed by atoms with Crippen LogP contribution in [0.3, 0.4) is 0 Å². The maximum absolute atomic E-state index is 11.2. The number of rotatable bonds is 3. The monoisotopic (exact) mass is 219 g/mol. The first-order valence-corrected chi connectivity index (χ1v) is 5.41. The Morgan fingerprint density at radius 2 is 2.44 bits per heavy atom. The number of hydrogen-bond donors (Lipinski definition) is 2. The molecule has 1 unspecified atom stereocenters. The first-order chi connectivity index (χ1) is 7.74. The number of hydrogen-bond acceptors (Lipinski definition) is 4. The standard InChI is InChI=1S/C10H13N5O/c11-8(6-1-2-6)3-7-4-9-13-14-10(16)15(9)5-12-7/h4-6,8H,1-3,11H2,(H,14,16). The molecule has 3 N–H and O–H groups in total. The molecule has 1 aliphatic carbocycles. The summed E-state index contributed by atoms with van der Waals surface area (Å²) >= 11 is 0. The van der Waals surface area contributed by atoms with E-state index in [1.54, 1.807) is 6.07 Å². The second-order valence-electron chi connectivity index (χ2n) is 4.34. The van der Waals surface area contributed by atoms with E-state index in [1.807, 2.05) is 0 Å². The van der Waals surface area contributed by atoms with Gasteiger partial charge in [0.05, 0.1) is 0 Å². The second kappa shape index (κ2) is 3.41. The van der Waals surface area contributed by atoms with Crippen molar-refractivity contribution in [2.75, 3.05) is 0 Å². The van der Waals surface area contributed by atoms with E-state index in [0.717, 1.165) is 12.1 Å². The fourth-order valence-electron chi connectivity index (χ4n) is 1.89. The fraction of sp³-hybridized carbons (Fsp3) is 0.500. The quantitative estimate of drug-likeness (QED) is 0.741. The summed E-state index contributed by atoms with van der Waals surface area (Å²) in [6, 6.07) is 1.99. The summed E-state index contributed by atoms with van der Waals surface area (Å²) in [5.74, 6) is 0.652. The summed E-state index contributed by atoms with van der Waals surface area (Å²) in [5, 5.41) is 6.27. The van der Waals surface area contributed by atoms with Gasteiger partial charge in [0.15, 0.2) is 5.65 Å². The van der Waals surface area contributed by atoms with Gasteiger partial charge in [-0.1, -0.05) is 0 Å². The predicted octanol–water partition coefficient (Wildman–Crippen LogP) is -0.303. The Balaban J connectivity index is 1.89. The first kappa shape index (κ1) is 9.53. The van der Waals surface area contributed by atoms with Crippen LogP contribution in [0.4, 0.5) is 0 Å². The van der Waals surface area contributed by atoms with Crippen molar-refractivity contribution in [1.29, 1.82) is 0 Å². The molecule has 0 amide bonds. The van der Waals surface area contributed by atoms with Gasteiger partial charge in [0.1, 0.15) is 6.33 Å². The summed E-state index contributed by atoms with van der Waals surface area (Å²) in [4.78, 5) is 15.4. The number of aromatic amines is 1. The Morgan fingerprint density at radius 1 is 1.62 bits per heavy atom. The normalized spacial score (nSPS) is 17.8. The molecule has 0 saturated heterocycles. The summed E-state index contributed by atoms with van der Waals surface area (Å²) < 4.78 is 1.38. The molecule has 1 aliphatic rings. The van der Waals surface area contributed by atoms with Gasteiger partial charge in [0.25, 0.3) is 0 Å². The Bertz CT molecular complexity index is 568. The van der Waals surface area contributed by atoms with Gasteiger partial charge in [-0.2, -0.15) is 5.10 Å². The van der Waals surface area contributed by atoms with E-state index in [0.29, 0.717) is 11.6 Å². The summed E-state index contributed by atoms with van der Waals surface area (Å²) in [7, 11) is 0. The molecule has 1 saturated carbocycles. The molecule has 1 fully saturated rings. The SMILES string of the molecule is NC(Cc1cc2n[nH]c(=O)n2cn1)C1CC1. The van der Waals surface area contributed by atoms with Gasteiger partial charge >= 0.3 is 5.69 Å². The zero-order valence-corrected chi connectivity index (χ0v) is 8.76. The van der Waals surface area contributed by atoms with Crippen LogP contribution in [0, 0.1) is 5.92 Å². The third-order valence-corrected chi connectivity index (χ3v) is 3.04. The molecule has 3 rings (SSSR count). The van der Waals surface area contributed by atoms with Crippen molar-refractivity contribution in [2.45, 2.75) is 25.3 Å². The van der Waals surface area contributed by atoms with Crippen molar-refractivity contribution in [3.8, 4) is 0 Å². The molecule has 2 aromatic heterocycles. The molecule has 6 nitrogen and oxygen atoms in total. The van der Waals surface area contributed by atoms with Crippen molar-refractivity contribution < 1.29 is 0 Å². The Morgan fingerprint density at radius 3 is 3.19 bits per heavy atom. The average molecular weight is 219 g/mol. The van der Waals surface area contributed by atoms with Crippen molar-refractivity contribution >= 4 is 5.65 Å². The van der Waals surface area contributed by atoms with Gasteiger partial charge in [0, 0.05) is 24.2 Å². The lowest BCUT2D eigenvalue weighted by Crippen LogP contribution is -2.25. The minimum Gasteiger partial charge on any atom is -0.327 e. The molecular weight excluding hydrogens is 206 g/mol. The lowest BCUT2D eigenvalue weighted by molar-refractivity contribution is 0.583. The van der Waals surface area contributed by atoms with Crippen LogP contribution < -0.4 is 11.4 Å². The van der Waals surface area contributed by atoms with Gasteiger partial charge in [0.2, 0.25) is 0 Å². The molecule has 0 aromatic carbocycles. The Labute approximate surface area is 91.5 Å². The Hall–Kier alpha value is -1.69. The molecule has 1 atom stereocenters. The van der Waals surface area contributed by atoms with Gasteiger partial charge in [-0.15, -0.1) is 0 Å². The Kier molecular flexibility index (Phi) is 2.03. The van der Waals surface area contributed by atoms with Crippen molar-refractivity contribution in [2.24, 2.45) is 11.7 Å². The topological polar surface area (TPSA) is 89.1 Å². The molecule has 0 spiro atoms. The predicted molar refractivity (Wildman–Crippen MR) is 58.0 cm³/mol. The minimum absolute atomic E-state index is 0.181. The highest BCUT2D eigenvalue weighted by Gasteiger charge is 2.28. The van der Waals surface area contributed by atoms with Gasteiger partial charge in [-0.05, 0) is 18.8 Å². The molecule has 0 radical (unpaired) electrons. The van der Waals surface area contributed by atoms with Crippen LogP contribution in [0.1, 0.15) is 18.5 Å². The molecule has 0 aliphatic heterocycles. The summed E-state index contributed by atoms with van der Waals surface area (Å²) in [6.07, 6.45) is 4.70. The summed E-state index contributed by atoms with van der Waals surface area (Å²) in [6.45, 7) is 0. The van der Waals surface area contributed by atoms with Crippen LogP contribution in [0.5, 0.6) is 0 Å². The highest BCUT2D eigenvalue weighted by atomic mass is 16.1. The number of nitrogens with one attached hydrogen (secondary N) is 1. The van der Waals surface area contributed by atoms with Crippen LogP contribution in [-0.2, 0) is 6.42 Å². The van der Waals surface area contributed by atoms with Crippen LogP contribution in [0.2, 0.25) is 0 Å². The van der Waals surface area contributed by atoms with Crippen molar-refractivity contribution in [3.05, 3.63) is 28.6 Å². The molecular formula is C10H13N5O. The van der Waals surface area contributed by atoms with Gasteiger partial charge in [-0.25, -0.2) is 19.3 Å². The molecule has 2 aromatic rings. The number of nitrogens with zero attached hydrogens (tertiary/aromatic N) is 3. The van der Waals surface area contributed by atoms with E-state index in [9.17, 15) is 4.79 Å². The van der Waals surface area contributed by atoms with E-state index in [4.69, 9.17) is 5.73 Å². The van der Waals surface area contributed by atoms with Gasteiger partial charge < -0.3 is 5.73 Å². The number of fused-ring (bicyclic) bond motifs is 1. The third kappa shape index (κ3) is 1.61. The molecule has 6 heteroatoms. The van der Waals surface area contributed by atoms with Crippen molar-refractivity contribution in [3.63, 3.8) is 0 Å². The van der Waals surface area contributed by atoms with E-state index in [1.165, 1.54) is 23.6 Å². The molecule has 0 bridgehead atoms. The smallest absolute Gasteiger partial charge is 0.327 e. The minimum atomic E-state index is -0.263. The fourth-order valence-corrected chi connectivity index (χ4v) is 1.89. The first-order valence-electron chi connectivity index (χ1n) is 5.41. The zero-order valence-electron chi connectivity index (χ0n) is 8.76. The van der Waals surface area contributed by atoms with Crippen LogP contribution in [0.25, 0.3) is 5.65 Å². The zero-order chi connectivity index (χ0) is 11.1. The summed E-state index contributed by atoms with van der Waals surface area (Å²) in [5.41, 5.74) is 7.25. The van der Waals surface area contributed by atoms with Crippen LogP contribution >= 0.6 is 0 Å². The van der Waals surface area contributed by atoms with E-state index in [-0.39, 0.29) is 11.7 Å². The van der Waals surface area contributed by atoms with Crippen LogP contribution in [0.15, 0.2) is 17.2 Å². The van der Waals surface area contributed by atoms with Crippen molar-refractivity contribution in [1.82, 2.24) is 19.6 Å². The largest absolute Gasteiger partial charge is 0.348 e.